The van der Waals surface area contributed by atoms with E-state index in [1.165, 1.54) is 4.68 Å². The van der Waals surface area contributed by atoms with E-state index in [0.717, 1.165) is 21.8 Å². The summed E-state index contributed by atoms with van der Waals surface area (Å²) in [6.45, 7) is 0.558. The molecule has 0 aliphatic heterocycles. The van der Waals surface area contributed by atoms with E-state index in [1.807, 2.05) is 41.8 Å². The van der Waals surface area contributed by atoms with Gasteiger partial charge in [-0.1, -0.05) is 30.3 Å². The van der Waals surface area contributed by atoms with Crippen molar-refractivity contribution in [2.75, 3.05) is 0 Å². The minimum absolute atomic E-state index is 0.142. The Labute approximate surface area is 182 Å². The van der Waals surface area contributed by atoms with Crippen LogP contribution >= 0.6 is 11.3 Å². The number of rotatable bonds is 9. The summed E-state index contributed by atoms with van der Waals surface area (Å²) in [5, 5.41) is 16.1. The molecule has 1 N–H and O–H groups in total. The highest BCUT2D eigenvalue weighted by Crippen LogP contribution is 2.24. The molecule has 8 nitrogen and oxygen atoms in total. The average Bonchev–Trinajstić information content (AvgIpc) is 3.38. The fraction of sp³-hybridized carbons (Fsp3) is 0.182. The largest absolute Gasteiger partial charge is 0.481 e. The molecule has 0 atom stereocenters. The molecular weight excluding hydrogens is 416 g/mol. The molecule has 0 saturated carbocycles. The minimum atomic E-state index is -0.933. The second-order valence-electron chi connectivity index (χ2n) is 6.80. The lowest BCUT2D eigenvalue weighted by atomic mass is 10.2. The van der Waals surface area contributed by atoms with Gasteiger partial charge in [0, 0.05) is 47.6 Å². The summed E-state index contributed by atoms with van der Waals surface area (Å²) in [5.41, 5.74) is 3.28. The molecule has 4 rings (SSSR count). The van der Waals surface area contributed by atoms with Gasteiger partial charge >= 0.3 is 5.97 Å². The van der Waals surface area contributed by atoms with Gasteiger partial charge in [0.15, 0.2) is 0 Å². The molecule has 0 aliphatic rings. The van der Waals surface area contributed by atoms with Crippen LogP contribution in [0.1, 0.15) is 16.8 Å². The maximum absolute atomic E-state index is 11.0. The number of carbonyl (C=O) groups is 1. The van der Waals surface area contributed by atoms with Crippen LogP contribution in [0.25, 0.3) is 10.6 Å². The van der Waals surface area contributed by atoms with E-state index in [4.69, 9.17) is 14.6 Å². The number of ether oxygens (including phenoxy) is 2. The van der Waals surface area contributed by atoms with E-state index < -0.39 is 5.97 Å². The molecule has 0 saturated heterocycles. The first-order valence-electron chi connectivity index (χ1n) is 9.51. The van der Waals surface area contributed by atoms with Gasteiger partial charge in [-0.25, -0.2) is 9.97 Å². The Kier molecular flexibility index (Phi) is 6.23. The van der Waals surface area contributed by atoms with Crippen LogP contribution in [0.3, 0.4) is 0 Å². The zero-order chi connectivity index (χ0) is 21.6. The second kappa shape index (κ2) is 9.40. The molecule has 158 valence electrons. The van der Waals surface area contributed by atoms with Crippen LogP contribution in [-0.2, 0) is 31.5 Å². The predicted molar refractivity (Wildman–Crippen MR) is 115 cm³/mol. The fourth-order valence-electron chi connectivity index (χ4n) is 2.89. The number of carboxylic acids is 1. The normalized spacial score (nSPS) is 10.7. The molecule has 0 spiro atoms. The maximum atomic E-state index is 11.0. The molecule has 0 bridgehead atoms. The number of aromatic nitrogens is 4. The summed E-state index contributed by atoms with van der Waals surface area (Å²) in [4.78, 5) is 19.9. The Morgan fingerprint density at radius 2 is 1.97 bits per heavy atom. The van der Waals surface area contributed by atoms with E-state index in [-0.39, 0.29) is 13.0 Å². The molecule has 1 aromatic carbocycles. The molecular formula is C22H20N4O4S. The highest BCUT2D eigenvalue weighted by atomic mass is 32.1. The third-order valence-corrected chi connectivity index (χ3v) is 5.26. The summed E-state index contributed by atoms with van der Waals surface area (Å²) in [5.74, 6) is -0.137. The Morgan fingerprint density at radius 1 is 1.13 bits per heavy atom. The van der Waals surface area contributed by atoms with Crippen molar-refractivity contribution >= 4 is 17.3 Å². The highest BCUT2D eigenvalue weighted by Gasteiger charge is 2.13. The van der Waals surface area contributed by atoms with Gasteiger partial charge < -0.3 is 14.6 Å². The standard InChI is InChI=1S/C22H20N4O4S/c1-26-11-17(9-20(27)28)21(25-26)30-12-15-7-8-19(23-10-15)29-13-18-14-31-22(24-18)16-5-3-2-4-6-16/h2-8,10-11,14H,9,12-13H2,1H3,(H,27,28). The zero-order valence-electron chi connectivity index (χ0n) is 16.8. The maximum Gasteiger partial charge on any atom is 0.308 e. The van der Waals surface area contributed by atoms with Crippen molar-refractivity contribution in [1.82, 2.24) is 19.7 Å². The molecule has 0 fully saturated rings. The highest BCUT2D eigenvalue weighted by molar-refractivity contribution is 7.13. The average molecular weight is 436 g/mol. The Bertz CT molecular complexity index is 1160. The Balaban J connectivity index is 1.31. The first kappa shape index (κ1) is 20.5. The molecule has 3 heterocycles. The zero-order valence-corrected chi connectivity index (χ0v) is 17.6. The third-order valence-electron chi connectivity index (χ3n) is 4.32. The Morgan fingerprint density at radius 3 is 2.71 bits per heavy atom. The van der Waals surface area contributed by atoms with Gasteiger partial charge in [0.05, 0.1) is 12.1 Å². The summed E-state index contributed by atoms with van der Waals surface area (Å²) in [6, 6.07) is 13.6. The van der Waals surface area contributed by atoms with Gasteiger partial charge in [-0.15, -0.1) is 16.4 Å². The van der Waals surface area contributed by atoms with Crippen molar-refractivity contribution in [2.45, 2.75) is 19.6 Å². The first-order valence-corrected chi connectivity index (χ1v) is 10.4. The van der Waals surface area contributed by atoms with Gasteiger partial charge in [0.2, 0.25) is 11.8 Å². The van der Waals surface area contributed by atoms with Crippen LogP contribution in [0.5, 0.6) is 11.8 Å². The van der Waals surface area contributed by atoms with E-state index in [2.05, 4.69) is 15.1 Å². The van der Waals surface area contributed by atoms with Crippen molar-refractivity contribution in [3.63, 3.8) is 0 Å². The number of hydrogen-bond donors (Lipinski definition) is 1. The van der Waals surface area contributed by atoms with Crippen LogP contribution in [-0.4, -0.2) is 30.8 Å². The SMILES string of the molecule is Cn1cc(CC(=O)O)c(OCc2ccc(OCc3csc(-c4ccccc4)n3)nc2)n1. The lowest BCUT2D eigenvalue weighted by Gasteiger charge is -2.06. The molecule has 0 unspecified atom stereocenters. The summed E-state index contributed by atoms with van der Waals surface area (Å²) < 4.78 is 12.9. The van der Waals surface area contributed by atoms with E-state index in [9.17, 15) is 4.79 Å². The van der Waals surface area contributed by atoms with Gasteiger partial charge in [0.1, 0.15) is 18.2 Å². The molecule has 3 aromatic heterocycles. The van der Waals surface area contributed by atoms with E-state index >= 15 is 0 Å². The number of thiazole rings is 1. The van der Waals surface area contributed by atoms with Crippen molar-refractivity contribution in [3.05, 3.63) is 77.1 Å². The third kappa shape index (κ3) is 5.46. The molecule has 31 heavy (non-hydrogen) atoms. The molecule has 9 heteroatoms. The van der Waals surface area contributed by atoms with Crippen molar-refractivity contribution in [3.8, 4) is 22.3 Å². The molecule has 4 aromatic rings. The quantitative estimate of drug-likeness (QED) is 0.427. The lowest BCUT2D eigenvalue weighted by molar-refractivity contribution is -0.136. The Hall–Kier alpha value is -3.72. The number of pyridine rings is 1. The smallest absolute Gasteiger partial charge is 0.308 e. The number of benzene rings is 1. The van der Waals surface area contributed by atoms with E-state index in [1.54, 1.807) is 36.8 Å². The van der Waals surface area contributed by atoms with Crippen molar-refractivity contribution in [1.29, 1.82) is 0 Å². The number of aryl methyl sites for hydroxylation is 1. The molecule has 0 radical (unpaired) electrons. The van der Waals surface area contributed by atoms with Crippen LogP contribution in [0, 0.1) is 0 Å². The second-order valence-corrected chi connectivity index (χ2v) is 7.65. The summed E-state index contributed by atoms with van der Waals surface area (Å²) in [6.07, 6.45) is 3.16. The number of hydrogen-bond acceptors (Lipinski definition) is 7. The van der Waals surface area contributed by atoms with Gasteiger partial charge in [-0.2, -0.15) is 0 Å². The fourth-order valence-corrected chi connectivity index (χ4v) is 3.70. The molecule has 0 aliphatic carbocycles. The van der Waals surface area contributed by atoms with Crippen molar-refractivity contribution in [2.24, 2.45) is 7.05 Å². The van der Waals surface area contributed by atoms with Crippen LogP contribution in [0.4, 0.5) is 0 Å². The van der Waals surface area contributed by atoms with Gasteiger partial charge in [0.25, 0.3) is 0 Å². The first-order chi connectivity index (χ1) is 15.1. The number of nitrogens with zero attached hydrogens (tertiary/aromatic N) is 4. The topological polar surface area (TPSA) is 99.4 Å². The minimum Gasteiger partial charge on any atom is -0.481 e. The molecule has 0 amide bonds. The summed E-state index contributed by atoms with van der Waals surface area (Å²) >= 11 is 1.58. The predicted octanol–water partition coefficient (Wildman–Crippen LogP) is 3.72. The van der Waals surface area contributed by atoms with Crippen LogP contribution < -0.4 is 9.47 Å². The monoisotopic (exact) mass is 436 g/mol. The van der Waals surface area contributed by atoms with E-state index in [0.29, 0.717) is 23.9 Å². The van der Waals surface area contributed by atoms with Crippen molar-refractivity contribution < 1.29 is 19.4 Å². The number of carboxylic acid groups (broad SMARTS) is 1. The lowest BCUT2D eigenvalue weighted by Crippen LogP contribution is -2.03. The van der Waals surface area contributed by atoms with Gasteiger partial charge in [-0.05, 0) is 6.07 Å². The van der Waals surface area contributed by atoms with Crippen LogP contribution in [0.15, 0.2) is 60.2 Å². The number of aliphatic carboxylic acids is 1. The summed E-state index contributed by atoms with van der Waals surface area (Å²) in [7, 11) is 1.72. The van der Waals surface area contributed by atoms with Crippen LogP contribution in [0.2, 0.25) is 0 Å². The van der Waals surface area contributed by atoms with Gasteiger partial charge in [-0.3, -0.25) is 9.48 Å².